The van der Waals surface area contributed by atoms with Gasteiger partial charge in [0.1, 0.15) is 0 Å². The van der Waals surface area contributed by atoms with Crippen molar-refractivity contribution < 1.29 is 0 Å². The predicted octanol–water partition coefficient (Wildman–Crippen LogP) is 15.1. The van der Waals surface area contributed by atoms with Gasteiger partial charge in [0.25, 0.3) is 0 Å². The van der Waals surface area contributed by atoms with E-state index in [1.807, 2.05) is 12.1 Å². The molecule has 1 aliphatic rings. The highest BCUT2D eigenvalue weighted by Gasteiger charge is 2.37. The summed E-state index contributed by atoms with van der Waals surface area (Å²) in [4.78, 5) is 12.8. The van der Waals surface area contributed by atoms with Gasteiger partial charge in [0.15, 0.2) is 5.82 Å². The van der Waals surface area contributed by atoms with E-state index in [1.54, 1.807) is 0 Å². The maximum absolute atomic E-state index is 5.25. The first-order valence-electron chi connectivity index (χ1n) is 21.2. The normalized spacial score (nSPS) is 13.7. The number of para-hydroxylation sites is 2. The minimum atomic E-state index is -0.185. The first-order valence-corrected chi connectivity index (χ1v) is 21.2. The molecule has 0 unspecified atom stereocenters. The van der Waals surface area contributed by atoms with Gasteiger partial charge in [-0.15, -0.1) is 0 Å². The van der Waals surface area contributed by atoms with E-state index >= 15 is 0 Å². The van der Waals surface area contributed by atoms with Crippen LogP contribution in [0.15, 0.2) is 200 Å². The molecular formula is C57H44N4. The van der Waals surface area contributed by atoms with Crippen molar-refractivity contribution in [2.45, 2.75) is 33.1 Å². The fraction of sp³-hybridized carbons (Fsp3) is 0.0877. The second-order valence-electron chi connectivity index (χ2n) is 16.5. The van der Waals surface area contributed by atoms with Crippen molar-refractivity contribution in [3.8, 4) is 39.5 Å². The number of rotatable bonds is 6. The molecule has 0 saturated heterocycles. The smallest absolute Gasteiger partial charge is 0.160 e. The summed E-state index contributed by atoms with van der Waals surface area (Å²) in [7, 11) is 0. The Morgan fingerprint density at radius 3 is 2.11 bits per heavy atom. The lowest BCUT2D eigenvalue weighted by Crippen LogP contribution is -2.32. The van der Waals surface area contributed by atoms with Crippen LogP contribution in [0.4, 0.5) is 11.4 Å². The third kappa shape index (κ3) is 5.74. The molecule has 0 N–H and O–H groups in total. The number of anilines is 2. The van der Waals surface area contributed by atoms with Gasteiger partial charge in [-0.3, -0.25) is 0 Å². The van der Waals surface area contributed by atoms with Gasteiger partial charge < -0.3 is 9.47 Å². The molecule has 3 heterocycles. The third-order valence-electron chi connectivity index (χ3n) is 12.6. The van der Waals surface area contributed by atoms with Crippen molar-refractivity contribution in [3.05, 3.63) is 211 Å². The van der Waals surface area contributed by atoms with Crippen molar-refractivity contribution >= 4 is 54.9 Å². The molecule has 10 aromatic rings. The summed E-state index contributed by atoms with van der Waals surface area (Å²) in [5.74, 6) is 0.702. The number of fused-ring (bicyclic) bond motifs is 8. The number of allylic oxidation sites excluding steroid dienone is 3. The van der Waals surface area contributed by atoms with E-state index in [2.05, 4.69) is 219 Å². The molecule has 4 nitrogen and oxygen atoms in total. The maximum atomic E-state index is 5.25. The van der Waals surface area contributed by atoms with Crippen LogP contribution in [0, 0.1) is 0 Å². The quantitative estimate of drug-likeness (QED) is 0.158. The summed E-state index contributed by atoms with van der Waals surface area (Å²) < 4.78 is 2.43. The Bertz CT molecular complexity index is 3420. The molecule has 292 valence electrons. The Hall–Kier alpha value is -7.56. The average molecular weight is 785 g/mol. The minimum absolute atomic E-state index is 0.185. The first-order chi connectivity index (χ1) is 29.9. The monoisotopic (exact) mass is 784 g/mol. The number of aromatic nitrogens is 3. The highest BCUT2D eigenvalue weighted by molar-refractivity contribution is 6.25. The topological polar surface area (TPSA) is 34.0 Å². The van der Waals surface area contributed by atoms with Crippen molar-refractivity contribution in [2.75, 3.05) is 4.90 Å². The molecule has 0 spiro atoms. The summed E-state index contributed by atoms with van der Waals surface area (Å²) in [6.07, 6.45) is 6.56. The number of benzene rings is 8. The first kappa shape index (κ1) is 36.5. The molecule has 61 heavy (non-hydrogen) atoms. The van der Waals surface area contributed by atoms with Crippen LogP contribution < -0.4 is 4.90 Å². The minimum Gasteiger partial charge on any atom is -0.310 e. The molecule has 0 saturated carbocycles. The van der Waals surface area contributed by atoms with Crippen LogP contribution in [0.1, 0.15) is 38.8 Å². The Kier molecular flexibility index (Phi) is 8.57. The summed E-state index contributed by atoms with van der Waals surface area (Å²) in [6.45, 7) is 8.93. The molecule has 0 fully saturated rings. The molecule has 2 aromatic heterocycles. The van der Waals surface area contributed by atoms with Crippen LogP contribution in [0.3, 0.4) is 0 Å². The van der Waals surface area contributed by atoms with Crippen LogP contribution in [-0.4, -0.2) is 14.5 Å². The third-order valence-corrected chi connectivity index (χ3v) is 12.6. The largest absolute Gasteiger partial charge is 0.310 e. The molecule has 0 amide bonds. The highest BCUT2D eigenvalue weighted by Crippen LogP contribution is 2.52. The van der Waals surface area contributed by atoms with Crippen LogP contribution in [0.25, 0.3) is 82.9 Å². The summed E-state index contributed by atoms with van der Waals surface area (Å²) in [5.41, 5.74) is 15.6. The molecule has 0 atom stereocenters. The summed E-state index contributed by atoms with van der Waals surface area (Å²) in [5, 5.41) is 5.96. The van der Waals surface area contributed by atoms with Gasteiger partial charge in [0.05, 0.1) is 33.6 Å². The zero-order valence-electron chi connectivity index (χ0n) is 34.8. The Morgan fingerprint density at radius 1 is 0.541 bits per heavy atom. The molecule has 1 aliphatic heterocycles. The van der Waals surface area contributed by atoms with E-state index in [0.717, 1.165) is 50.1 Å². The lowest BCUT2D eigenvalue weighted by Gasteiger charge is -2.42. The highest BCUT2D eigenvalue weighted by atomic mass is 15.2. The van der Waals surface area contributed by atoms with Crippen LogP contribution in [0.2, 0.25) is 0 Å². The number of hydrogen-bond acceptors (Lipinski definition) is 3. The Balaban J connectivity index is 1.15. The fourth-order valence-electron chi connectivity index (χ4n) is 9.79. The summed E-state index contributed by atoms with van der Waals surface area (Å²) >= 11 is 0. The molecule has 4 heteroatoms. The molecule has 8 aromatic carbocycles. The van der Waals surface area contributed by atoms with Gasteiger partial charge in [-0.25, -0.2) is 9.97 Å². The standard InChI is InChI=1S/C57H44N4/c1-5-18-41(6-2)60-49-29-15-13-27-46(49)57(3,4)47-33-31-39(36-52(47)60)44-26-17-30-50-54(44)53-43-24-11-10-19-37(43)32-34-51(53)61(50)42-23-16-22-40(35-42)56-58-48-28-14-12-25-45(48)55(59-56)38-20-8-7-9-21-38/h5-36H,1-4H3/b18-5-,41-6+. The SMILES string of the molecule is C/C=C\C(=C/C)N1c2ccccc2C(C)(C)c2ccc(-c3cccc4c3c3c5ccccc5ccc3n4-c3cccc(-c4nc(-c5ccccc5)c5ccccc5n4)c3)cc21. The van der Waals surface area contributed by atoms with Crippen LogP contribution in [0.5, 0.6) is 0 Å². The van der Waals surface area contributed by atoms with E-state index in [-0.39, 0.29) is 5.41 Å². The second-order valence-corrected chi connectivity index (χ2v) is 16.5. The van der Waals surface area contributed by atoms with Gasteiger partial charge in [-0.05, 0) is 95.4 Å². The van der Waals surface area contributed by atoms with Gasteiger partial charge in [-0.2, -0.15) is 0 Å². The van der Waals surface area contributed by atoms with Crippen LogP contribution in [-0.2, 0) is 5.41 Å². The van der Waals surface area contributed by atoms with Gasteiger partial charge in [-0.1, -0.05) is 159 Å². The van der Waals surface area contributed by atoms with Gasteiger partial charge >= 0.3 is 0 Å². The van der Waals surface area contributed by atoms with Gasteiger partial charge in [0.2, 0.25) is 0 Å². The van der Waals surface area contributed by atoms with Gasteiger partial charge in [0, 0.05) is 44.1 Å². The predicted molar refractivity (Wildman–Crippen MR) is 257 cm³/mol. The molecule has 0 bridgehead atoms. The van der Waals surface area contributed by atoms with Crippen molar-refractivity contribution in [1.29, 1.82) is 0 Å². The Labute approximate surface area is 356 Å². The van der Waals surface area contributed by atoms with Crippen molar-refractivity contribution in [1.82, 2.24) is 14.5 Å². The average Bonchev–Trinajstić information content (AvgIpc) is 3.66. The van der Waals surface area contributed by atoms with E-state index < -0.39 is 0 Å². The lowest BCUT2D eigenvalue weighted by atomic mass is 9.73. The van der Waals surface area contributed by atoms with E-state index in [9.17, 15) is 0 Å². The van der Waals surface area contributed by atoms with Crippen molar-refractivity contribution in [2.24, 2.45) is 0 Å². The second kappa shape index (κ2) is 14.3. The molecule has 0 aliphatic carbocycles. The number of nitrogens with zero attached hydrogens (tertiary/aromatic N) is 4. The molecular weight excluding hydrogens is 741 g/mol. The number of hydrogen-bond donors (Lipinski definition) is 0. The Morgan fingerprint density at radius 2 is 1.26 bits per heavy atom. The van der Waals surface area contributed by atoms with E-state index in [0.29, 0.717) is 5.82 Å². The maximum Gasteiger partial charge on any atom is 0.160 e. The fourth-order valence-corrected chi connectivity index (χ4v) is 9.79. The van der Waals surface area contributed by atoms with Crippen LogP contribution >= 0.6 is 0 Å². The van der Waals surface area contributed by atoms with E-state index in [4.69, 9.17) is 9.97 Å². The lowest BCUT2D eigenvalue weighted by molar-refractivity contribution is 0.630. The van der Waals surface area contributed by atoms with Crippen molar-refractivity contribution in [3.63, 3.8) is 0 Å². The zero-order chi connectivity index (χ0) is 41.2. The molecule has 11 rings (SSSR count). The summed E-state index contributed by atoms with van der Waals surface area (Å²) in [6, 6.07) is 63.5. The van der Waals surface area contributed by atoms with E-state index in [1.165, 1.54) is 55.2 Å². The molecule has 0 radical (unpaired) electrons. The zero-order valence-corrected chi connectivity index (χ0v) is 34.8.